The number of carbonyl (C=O) groups is 2. The van der Waals surface area contributed by atoms with Crippen LogP contribution >= 0.6 is 0 Å². The summed E-state index contributed by atoms with van der Waals surface area (Å²) in [5.74, 6) is -0.734. The van der Waals surface area contributed by atoms with E-state index in [4.69, 9.17) is 9.84 Å². The fourth-order valence-corrected chi connectivity index (χ4v) is 2.40. The van der Waals surface area contributed by atoms with Gasteiger partial charge in [-0.25, -0.2) is 4.79 Å². The van der Waals surface area contributed by atoms with Gasteiger partial charge in [0.25, 0.3) is 5.91 Å². The summed E-state index contributed by atoms with van der Waals surface area (Å²) in [5, 5.41) is 8.61. The maximum atomic E-state index is 12.4. The lowest BCUT2D eigenvalue weighted by Gasteiger charge is -2.16. The lowest BCUT2D eigenvalue weighted by molar-refractivity contribution is -0.131. The molecule has 2 heterocycles. The monoisotopic (exact) mass is 290 g/mol. The molecule has 1 amide bonds. The number of carboxylic acids is 1. The minimum absolute atomic E-state index is 0.0771. The molecule has 0 saturated carbocycles. The van der Waals surface area contributed by atoms with Gasteiger partial charge in [0.2, 0.25) is 0 Å². The smallest absolute Gasteiger partial charge is 0.328 e. The zero-order chi connectivity index (χ0) is 15.2. The summed E-state index contributed by atoms with van der Waals surface area (Å²) in [6, 6.07) is 1.65. The molecule has 1 unspecified atom stereocenters. The van der Waals surface area contributed by atoms with Crippen molar-refractivity contribution in [3.8, 4) is 0 Å². The molecule has 0 bridgehead atoms. The SMILES string of the molecule is COCC1CCN(C(=O)c2cncc(C=CC(=O)O)c2)C1. The second-order valence-electron chi connectivity index (χ2n) is 5.04. The minimum Gasteiger partial charge on any atom is -0.478 e. The summed E-state index contributed by atoms with van der Waals surface area (Å²) >= 11 is 0. The third-order valence-electron chi connectivity index (χ3n) is 3.40. The average Bonchev–Trinajstić information content (AvgIpc) is 2.94. The highest BCUT2D eigenvalue weighted by molar-refractivity contribution is 5.95. The highest BCUT2D eigenvalue weighted by atomic mass is 16.5. The van der Waals surface area contributed by atoms with Crippen LogP contribution in [0.3, 0.4) is 0 Å². The zero-order valence-electron chi connectivity index (χ0n) is 11.9. The summed E-state index contributed by atoms with van der Waals surface area (Å²) in [5.41, 5.74) is 1.07. The van der Waals surface area contributed by atoms with Crippen molar-refractivity contribution in [2.75, 3.05) is 26.8 Å². The van der Waals surface area contributed by atoms with Crippen LogP contribution in [0.4, 0.5) is 0 Å². The van der Waals surface area contributed by atoms with E-state index in [0.29, 0.717) is 36.7 Å². The number of ether oxygens (including phenoxy) is 1. The van der Waals surface area contributed by atoms with Crippen LogP contribution < -0.4 is 0 Å². The molecule has 1 aromatic heterocycles. The van der Waals surface area contributed by atoms with E-state index < -0.39 is 5.97 Å². The van der Waals surface area contributed by atoms with E-state index in [1.807, 2.05) is 0 Å². The topological polar surface area (TPSA) is 79.7 Å². The Morgan fingerprint density at radius 3 is 3.05 bits per heavy atom. The number of aliphatic carboxylic acids is 1. The van der Waals surface area contributed by atoms with Crippen LogP contribution in [0, 0.1) is 5.92 Å². The van der Waals surface area contributed by atoms with Gasteiger partial charge >= 0.3 is 5.97 Å². The molecular weight excluding hydrogens is 272 g/mol. The summed E-state index contributed by atoms with van der Waals surface area (Å²) in [6.45, 7) is 2.05. The van der Waals surface area contributed by atoms with Gasteiger partial charge in [-0.15, -0.1) is 0 Å². The van der Waals surface area contributed by atoms with Crippen molar-refractivity contribution in [2.24, 2.45) is 5.92 Å². The molecule has 1 atom stereocenters. The molecule has 2 rings (SSSR count). The van der Waals surface area contributed by atoms with E-state index in [1.165, 1.54) is 18.5 Å². The van der Waals surface area contributed by atoms with E-state index in [0.717, 1.165) is 12.5 Å². The maximum Gasteiger partial charge on any atom is 0.328 e. The molecule has 1 fully saturated rings. The molecule has 1 aromatic rings. The second-order valence-corrected chi connectivity index (χ2v) is 5.04. The van der Waals surface area contributed by atoms with Gasteiger partial charge < -0.3 is 14.7 Å². The van der Waals surface area contributed by atoms with Gasteiger partial charge in [0, 0.05) is 44.6 Å². The van der Waals surface area contributed by atoms with E-state index in [2.05, 4.69) is 4.98 Å². The first-order valence-corrected chi connectivity index (χ1v) is 6.74. The van der Waals surface area contributed by atoms with Crippen LogP contribution in [0.5, 0.6) is 0 Å². The summed E-state index contributed by atoms with van der Waals surface area (Å²) in [6.07, 6.45) is 6.41. The largest absolute Gasteiger partial charge is 0.478 e. The van der Waals surface area contributed by atoms with Gasteiger partial charge in [0.15, 0.2) is 0 Å². The Morgan fingerprint density at radius 2 is 2.33 bits per heavy atom. The first-order valence-electron chi connectivity index (χ1n) is 6.74. The number of nitrogens with zero attached hydrogens (tertiary/aromatic N) is 2. The highest BCUT2D eigenvalue weighted by Crippen LogP contribution is 2.19. The Bertz CT molecular complexity index is 556. The Hall–Kier alpha value is -2.21. The van der Waals surface area contributed by atoms with Gasteiger partial charge in [-0.05, 0) is 24.1 Å². The molecule has 112 valence electrons. The predicted molar refractivity (Wildman–Crippen MR) is 76.8 cm³/mol. The Kier molecular flexibility index (Phi) is 5.05. The van der Waals surface area contributed by atoms with Gasteiger partial charge in [-0.1, -0.05) is 0 Å². The number of amides is 1. The third-order valence-corrected chi connectivity index (χ3v) is 3.40. The second kappa shape index (κ2) is 6.99. The van der Waals surface area contributed by atoms with E-state index in [-0.39, 0.29) is 5.91 Å². The number of hydrogen-bond acceptors (Lipinski definition) is 4. The molecule has 6 heteroatoms. The molecular formula is C15H18N2O4. The molecule has 6 nitrogen and oxygen atoms in total. The maximum absolute atomic E-state index is 12.4. The molecule has 0 spiro atoms. The number of carbonyl (C=O) groups excluding carboxylic acids is 1. The molecule has 1 aliphatic rings. The zero-order valence-corrected chi connectivity index (χ0v) is 11.9. The van der Waals surface area contributed by atoms with Crippen LogP contribution in [0.25, 0.3) is 6.08 Å². The molecule has 0 radical (unpaired) electrons. The number of rotatable bonds is 5. The van der Waals surface area contributed by atoms with Gasteiger partial charge in [-0.3, -0.25) is 9.78 Å². The van der Waals surface area contributed by atoms with Crippen molar-refractivity contribution >= 4 is 18.0 Å². The average molecular weight is 290 g/mol. The van der Waals surface area contributed by atoms with Crippen LogP contribution in [-0.2, 0) is 9.53 Å². The van der Waals surface area contributed by atoms with Crippen molar-refractivity contribution in [1.29, 1.82) is 0 Å². The third kappa shape index (κ3) is 4.13. The van der Waals surface area contributed by atoms with Crippen molar-refractivity contribution in [1.82, 2.24) is 9.88 Å². The fourth-order valence-electron chi connectivity index (χ4n) is 2.40. The minimum atomic E-state index is -1.03. The Morgan fingerprint density at radius 1 is 1.52 bits per heavy atom. The number of aromatic nitrogens is 1. The highest BCUT2D eigenvalue weighted by Gasteiger charge is 2.26. The predicted octanol–water partition coefficient (Wildman–Crippen LogP) is 1.29. The summed E-state index contributed by atoms with van der Waals surface area (Å²) in [4.78, 5) is 28.7. The number of hydrogen-bond donors (Lipinski definition) is 1. The Balaban J connectivity index is 2.06. The molecule has 1 N–H and O–H groups in total. The van der Waals surface area contributed by atoms with E-state index in [1.54, 1.807) is 18.1 Å². The van der Waals surface area contributed by atoms with Crippen LogP contribution in [0.2, 0.25) is 0 Å². The van der Waals surface area contributed by atoms with Crippen LogP contribution in [0.1, 0.15) is 22.3 Å². The van der Waals surface area contributed by atoms with Crippen LogP contribution in [-0.4, -0.2) is 53.7 Å². The molecule has 0 aliphatic carbocycles. The van der Waals surface area contributed by atoms with Crippen molar-refractivity contribution < 1.29 is 19.4 Å². The summed E-state index contributed by atoms with van der Waals surface area (Å²) < 4.78 is 5.12. The normalized spacial score (nSPS) is 18.3. The fraction of sp³-hybridized carbons (Fsp3) is 0.400. The molecule has 0 aromatic carbocycles. The number of methoxy groups -OCH3 is 1. The first kappa shape index (κ1) is 15.2. The van der Waals surface area contributed by atoms with Gasteiger partial charge in [0.05, 0.1) is 12.2 Å². The van der Waals surface area contributed by atoms with Crippen LogP contribution in [0.15, 0.2) is 24.5 Å². The first-order chi connectivity index (χ1) is 10.1. The van der Waals surface area contributed by atoms with E-state index >= 15 is 0 Å². The lowest BCUT2D eigenvalue weighted by Crippen LogP contribution is -2.29. The molecule has 1 saturated heterocycles. The van der Waals surface area contributed by atoms with E-state index in [9.17, 15) is 9.59 Å². The lowest BCUT2D eigenvalue weighted by atomic mass is 10.1. The number of carboxylic acid groups (broad SMARTS) is 1. The van der Waals surface area contributed by atoms with Crippen molar-refractivity contribution in [2.45, 2.75) is 6.42 Å². The van der Waals surface area contributed by atoms with Crippen molar-refractivity contribution in [3.05, 3.63) is 35.7 Å². The van der Waals surface area contributed by atoms with Gasteiger partial charge in [-0.2, -0.15) is 0 Å². The number of pyridine rings is 1. The standard InChI is InChI=1S/C15H18N2O4/c1-21-10-12-4-5-17(9-12)15(20)13-6-11(7-16-8-13)2-3-14(18)19/h2-3,6-8,12H,4-5,9-10H2,1H3,(H,18,19). The molecule has 21 heavy (non-hydrogen) atoms. The quantitative estimate of drug-likeness (QED) is 0.827. The van der Waals surface area contributed by atoms with Crippen molar-refractivity contribution in [3.63, 3.8) is 0 Å². The molecule has 1 aliphatic heterocycles. The summed E-state index contributed by atoms with van der Waals surface area (Å²) in [7, 11) is 1.66. The number of likely N-dealkylation sites (tertiary alicyclic amines) is 1. The Labute approximate surface area is 123 Å². The van der Waals surface area contributed by atoms with Gasteiger partial charge in [0.1, 0.15) is 0 Å².